The van der Waals surface area contributed by atoms with Crippen molar-refractivity contribution in [3.8, 4) is 0 Å². The molecule has 0 unspecified atom stereocenters. The van der Waals surface area contributed by atoms with E-state index in [2.05, 4.69) is 15.3 Å². The normalized spacial score (nSPS) is 21.3. The van der Waals surface area contributed by atoms with Crippen LogP contribution < -0.4 is 5.32 Å². The Hall–Kier alpha value is -2.70. The smallest absolute Gasteiger partial charge is 0.325 e. The average Bonchev–Trinajstić information content (AvgIpc) is 3.07. The topological polar surface area (TPSA) is 88.3 Å². The third kappa shape index (κ3) is 2.24. The molecule has 0 radical (unpaired) electrons. The van der Waals surface area contributed by atoms with Gasteiger partial charge in [-0.25, -0.2) is 9.78 Å². The molecule has 1 saturated heterocycles. The Morgan fingerprint density at radius 1 is 1.32 bits per heavy atom. The van der Waals surface area contributed by atoms with Crippen molar-refractivity contribution in [1.82, 2.24) is 20.2 Å². The molecule has 1 atom stereocenters. The summed E-state index contributed by atoms with van der Waals surface area (Å²) in [5.41, 5.74) is -0.670. The highest BCUT2D eigenvalue weighted by Crippen LogP contribution is 2.28. The highest BCUT2D eigenvalue weighted by Gasteiger charge is 2.50. The van der Waals surface area contributed by atoms with Crippen molar-refractivity contribution in [3.05, 3.63) is 47.9 Å². The van der Waals surface area contributed by atoms with E-state index in [1.165, 1.54) is 0 Å². The molecule has 7 heteroatoms. The summed E-state index contributed by atoms with van der Waals surface area (Å²) in [6.45, 7) is 3.59. The summed E-state index contributed by atoms with van der Waals surface area (Å²) in [5, 5.41) is 2.69. The molecule has 0 aliphatic carbocycles. The zero-order valence-electron chi connectivity index (χ0n) is 12.4. The van der Waals surface area contributed by atoms with Crippen LogP contribution in [-0.4, -0.2) is 26.8 Å². The third-order valence-corrected chi connectivity index (χ3v) is 3.70. The van der Waals surface area contributed by atoms with E-state index in [-0.39, 0.29) is 12.5 Å². The molecule has 22 heavy (non-hydrogen) atoms. The number of hydrogen-bond donors (Lipinski definition) is 1. The second kappa shape index (κ2) is 5.25. The molecule has 2 aromatic rings. The molecule has 0 bridgehead atoms. The van der Waals surface area contributed by atoms with Gasteiger partial charge in [0.25, 0.3) is 5.91 Å². The van der Waals surface area contributed by atoms with Gasteiger partial charge < -0.3 is 9.73 Å². The number of nitrogens with zero attached hydrogens (tertiary/aromatic N) is 3. The lowest BCUT2D eigenvalue weighted by molar-refractivity contribution is -0.131. The third-order valence-electron chi connectivity index (χ3n) is 3.70. The number of aromatic nitrogens is 2. The van der Waals surface area contributed by atoms with Crippen LogP contribution in [-0.2, 0) is 23.3 Å². The molecule has 3 amide bonds. The molecule has 2 aromatic heterocycles. The molecular weight excluding hydrogens is 284 g/mol. The number of amides is 3. The van der Waals surface area contributed by atoms with E-state index in [1.807, 2.05) is 6.92 Å². The first-order chi connectivity index (χ1) is 10.5. The van der Waals surface area contributed by atoms with E-state index >= 15 is 0 Å². The van der Waals surface area contributed by atoms with Gasteiger partial charge in [0.15, 0.2) is 5.54 Å². The fourth-order valence-corrected chi connectivity index (χ4v) is 2.39. The van der Waals surface area contributed by atoms with Gasteiger partial charge >= 0.3 is 6.03 Å². The molecule has 0 spiro atoms. The van der Waals surface area contributed by atoms with Crippen LogP contribution in [0.4, 0.5) is 4.79 Å². The molecule has 0 saturated carbocycles. The summed E-state index contributed by atoms with van der Waals surface area (Å²) in [5.74, 6) is 0.688. The number of pyridine rings is 1. The lowest BCUT2D eigenvalue weighted by atomic mass is 9.97. The quantitative estimate of drug-likeness (QED) is 0.866. The summed E-state index contributed by atoms with van der Waals surface area (Å²) >= 11 is 0. The minimum atomic E-state index is -1.17. The molecule has 0 aromatic carbocycles. The van der Waals surface area contributed by atoms with Gasteiger partial charge in [-0.3, -0.25) is 14.7 Å². The molecule has 3 rings (SSSR count). The first-order valence-electron chi connectivity index (χ1n) is 7.04. The van der Waals surface area contributed by atoms with Crippen LogP contribution in [0, 0.1) is 0 Å². The van der Waals surface area contributed by atoms with Crippen LogP contribution in [0.15, 0.2) is 35.0 Å². The molecule has 1 N–H and O–H groups in total. The van der Waals surface area contributed by atoms with E-state index in [1.54, 1.807) is 37.5 Å². The van der Waals surface area contributed by atoms with Gasteiger partial charge in [-0.05, 0) is 19.1 Å². The number of rotatable bonds is 4. The molecule has 1 fully saturated rings. The Kier molecular flexibility index (Phi) is 3.40. The van der Waals surface area contributed by atoms with Gasteiger partial charge in [0.2, 0.25) is 5.89 Å². The van der Waals surface area contributed by atoms with Crippen molar-refractivity contribution in [3.63, 3.8) is 0 Å². The maximum absolute atomic E-state index is 12.7. The first kappa shape index (κ1) is 14.2. The number of nitrogens with one attached hydrogen (secondary N) is 1. The lowest BCUT2D eigenvalue weighted by Gasteiger charge is -2.20. The monoisotopic (exact) mass is 300 g/mol. The minimum Gasteiger partial charge on any atom is -0.444 e. The maximum Gasteiger partial charge on any atom is 0.325 e. The van der Waals surface area contributed by atoms with Crippen LogP contribution in [0.5, 0.6) is 0 Å². The number of urea groups is 1. The summed E-state index contributed by atoms with van der Waals surface area (Å²) in [7, 11) is 0. The van der Waals surface area contributed by atoms with Crippen molar-refractivity contribution in [1.29, 1.82) is 0 Å². The highest BCUT2D eigenvalue weighted by molar-refractivity contribution is 6.06. The van der Waals surface area contributed by atoms with Gasteiger partial charge in [0.1, 0.15) is 12.3 Å². The van der Waals surface area contributed by atoms with Crippen molar-refractivity contribution >= 4 is 11.9 Å². The molecule has 7 nitrogen and oxygen atoms in total. The number of carbonyl (C=O) groups excluding carboxylic acids is 2. The number of oxazole rings is 1. The van der Waals surface area contributed by atoms with E-state index in [0.717, 1.165) is 10.7 Å². The maximum atomic E-state index is 12.7. The van der Waals surface area contributed by atoms with Crippen molar-refractivity contribution < 1.29 is 14.0 Å². The fourth-order valence-electron chi connectivity index (χ4n) is 2.39. The predicted molar refractivity (Wildman–Crippen MR) is 76.6 cm³/mol. The number of aryl methyl sites for hydroxylation is 1. The minimum absolute atomic E-state index is 0.00703. The largest absolute Gasteiger partial charge is 0.444 e. The van der Waals surface area contributed by atoms with Crippen LogP contribution in [0.1, 0.15) is 31.2 Å². The number of imide groups is 1. The van der Waals surface area contributed by atoms with Crippen LogP contribution >= 0.6 is 0 Å². The van der Waals surface area contributed by atoms with Crippen molar-refractivity contribution in [2.45, 2.75) is 32.4 Å². The zero-order chi connectivity index (χ0) is 15.7. The Morgan fingerprint density at radius 3 is 2.77 bits per heavy atom. The van der Waals surface area contributed by atoms with Gasteiger partial charge in [0.05, 0.1) is 11.9 Å². The average molecular weight is 300 g/mol. The van der Waals surface area contributed by atoms with Gasteiger partial charge in [-0.2, -0.15) is 0 Å². The Labute approximate surface area is 127 Å². The van der Waals surface area contributed by atoms with Crippen molar-refractivity contribution in [2.24, 2.45) is 0 Å². The molecule has 1 aliphatic rings. The van der Waals surface area contributed by atoms with E-state index in [9.17, 15) is 9.59 Å². The fraction of sp³-hybridized carbons (Fsp3) is 0.333. The predicted octanol–water partition coefficient (Wildman–Crippen LogP) is 1.60. The number of carbonyl (C=O) groups is 2. The van der Waals surface area contributed by atoms with Gasteiger partial charge in [0, 0.05) is 12.6 Å². The van der Waals surface area contributed by atoms with Gasteiger partial charge in [-0.15, -0.1) is 0 Å². The van der Waals surface area contributed by atoms with E-state index < -0.39 is 11.6 Å². The van der Waals surface area contributed by atoms with E-state index in [0.29, 0.717) is 18.0 Å². The Morgan fingerprint density at radius 2 is 2.14 bits per heavy atom. The Balaban J connectivity index is 1.85. The second-order valence-electron chi connectivity index (χ2n) is 5.24. The molecular formula is C15H16N4O3. The SMILES string of the molecule is CCc1cnc(CN2C(=O)N[C@](C)(c3ccccn3)C2=O)o1. The number of hydrogen-bond acceptors (Lipinski definition) is 5. The molecule has 114 valence electrons. The summed E-state index contributed by atoms with van der Waals surface area (Å²) in [6.07, 6.45) is 3.90. The second-order valence-corrected chi connectivity index (χ2v) is 5.24. The summed E-state index contributed by atoms with van der Waals surface area (Å²) < 4.78 is 5.46. The first-order valence-corrected chi connectivity index (χ1v) is 7.04. The van der Waals surface area contributed by atoms with Crippen LogP contribution in [0.2, 0.25) is 0 Å². The highest BCUT2D eigenvalue weighted by atomic mass is 16.4. The summed E-state index contributed by atoms with van der Waals surface area (Å²) in [6, 6.07) is 4.76. The van der Waals surface area contributed by atoms with Crippen LogP contribution in [0.3, 0.4) is 0 Å². The van der Waals surface area contributed by atoms with E-state index in [4.69, 9.17) is 4.42 Å². The van der Waals surface area contributed by atoms with Gasteiger partial charge in [-0.1, -0.05) is 13.0 Å². The van der Waals surface area contributed by atoms with Crippen LogP contribution in [0.25, 0.3) is 0 Å². The lowest BCUT2D eigenvalue weighted by Crippen LogP contribution is -2.41. The summed E-state index contributed by atoms with van der Waals surface area (Å²) in [4.78, 5) is 34.2. The molecule has 3 heterocycles. The Bertz CT molecular complexity index is 713. The molecule has 1 aliphatic heterocycles. The zero-order valence-corrected chi connectivity index (χ0v) is 12.4. The standard InChI is InChI=1S/C15H16N4O3/c1-3-10-8-17-12(22-10)9-19-13(20)15(2,18-14(19)21)11-6-4-5-7-16-11/h4-8H,3,9H2,1-2H3,(H,18,21)/t15-/m1/s1. The van der Waals surface area contributed by atoms with Crippen molar-refractivity contribution in [2.75, 3.05) is 0 Å².